The molecule has 74 valence electrons. The van der Waals surface area contributed by atoms with Crippen LogP contribution in [0.1, 0.15) is 17.5 Å². The molecule has 1 aliphatic rings. The van der Waals surface area contributed by atoms with Crippen LogP contribution >= 0.6 is 0 Å². The summed E-state index contributed by atoms with van der Waals surface area (Å²) in [6.07, 6.45) is 2.48. The van der Waals surface area contributed by atoms with Gasteiger partial charge in [0.2, 0.25) is 0 Å². The quantitative estimate of drug-likeness (QED) is 0.518. The van der Waals surface area contributed by atoms with Crippen LogP contribution in [0.3, 0.4) is 0 Å². The number of aryl methyl sites for hydroxylation is 1. The van der Waals surface area contributed by atoms with E-state index in [0.717, 1.165) is 30.4 Å². The van der Waals surface area contributed by atoms with E-state index < -0.39 is 0 Å². The van der Waals surface area contributed by atoms with E-state index in [9.17, 15) is 4.39 Å². The van der Waals surface area contributed by atoms with Crippen molar-refractivity contribution in [2.24, 2.45) is 11.7 Å². The molecule has 0 amide bonds. The van der Waals surface area contributed by atoms with Gasteiger partial charge in [0, 0.05) is 5.92 Å². The summed E-state index contributed by atoms with van der Waals surface area (Å²) in [6, 6.07) is 4.87. The van der Waals surface area contributed by atoms with E-state index in [0.29, 0.717) is 0 Å². The van der Waals surface area contributed by atoms with Crippen LogP contribution in [0.4, 0.5) is 4.39 Å². The molecule has 1 aliphatic carbocycles. The molecule has 3 heteroatoms. The highest BCUT2D eigenvalue weighted by Crippen LogP contribution is 2.25. The molecule has 0 spiro atoms. The fraction of sp³-hybridized carbons (Fsp3) is 0.364. The summed E-state index contributed by atoms with van der Waals surface area (Å²) in [5.41, 5.74) is 7.67. The predicted octanol–water partition coefficient (Wildman–Crippen LogP) is 1.87. The van der Waals surface area contributed by atoms with E-state index in [4.69, 9.17) is 11.1 Å². The average Bonchev–Trinajstić information content (AvgIpc) is 2.16. The first-order valence-electron chi connectivity index (χ1n) is 4.78. The van der Waals surface area contributed by atoms with Gasteiger partial charge in [-0.25, -0.2) is 4.39 Å². The molecule has 2 nitrogen and oxygen atoms in total. The lowest BCUT2D eigenvalue weighted by molar-refractivity contribution is 0.566. The molecular formula is C11H13FN2. The molecule has 0 saturated heterocycles. The average molecular weight is 192 g/mol. The number of nitrogens with two attached hydrogens (primary N) is 1. The van der Waals surface area contributed by atoms with Gasteiger partial charge in [0.05, 0.1) is 5.84 Å². The third-order valence-corrected chi connectivity index (χ3v) is 2.84. The number of amidine groups is 1. The first-order chi connectivity index (χ1) is 6.66. The number of fused-ring (bicyclic) bond motifs is 1. The van der Waals surface area contributed by atoms with Crippen molar-refractivity contribution >= 4 is 5.84 Å². The fourth-order valence-electron chi connectivity index (χ4n) is 1.99. The summed E-state index contributed by atoms with van der Waals surface area (Å²) >= 11 is 0. The second-order valence-electron chi connectivity index (χ2n) is 3.81. The highest BCUT2D eigenvalue weighted by atomic mass is 19.1. The van der Waals surface area contributed by atoms with E-state index in [-0.39, 0.29) is 17.6 Å². The number of nitrogens with one attached hydrogen (secondary N) is 1. The predicted molar refractivity (Wildman–Crippen MR) is 53.8 cm³/mol. The summed E-state index contributed by atoms with van der Waals surface area (Å²) in [7, 11) is 0. The lowest BCUT2D eigenvalue weighted by Crippen LogP contribution is -2.28. The molecule has 0 heterocycles. The zero-order chi connectivity index (χ0) is 10.1. The first kappa shape index (κ1) is 9.19. The van der Waals surface area contributed by atoms with Crippen molar-refractivity contribution < 1.29 is 4.39 Å². The molecule has 0 aromatic heterocycles. The van der Waals surface area contributed by atoms with Crippen LogP contribution in [-0.4, -0.2) is 5.84 Å². The topological polar surface area (TPSA) is 49.9 Å². The number of hydrogen-bond donors (Lipinski definition) is 2. The third kappa shape index (κ3) is 1.62. The molecule has 14 heavy (non-hydrogen) atoms. The molecule has 0 bridgehead atoms. The van der Waals surface area contributed by atoms with Gasteiger partial charge in [0.25, 0.3) is 0 Å². The van der Waals surface area contributed by atoms with Gasteiger partial charge < -0.3 is 5.73 Å². The molecule has 0 saturated carbocycles. The van der Waals surface area contributed by atoms with Crippen molar-refractivity contribution in [2.75, 3.05) is 0 Å². The molecule has 1 atom stereocenters. The van der Waals surface area contributed by atoms with Crippen molar-refractivity contribution in [2.45, 2.75) is 19.3 Å². The van der Waals surface area contributed by atoms with Gasteiger partial charge in [-0.1, -0.05) is 6.07 Å². The van der Waals surface area contributed by atoms with Gasteiger partial charge in [-0.15, -0.1) is 0 Å². The van der Waals surface area contributed by atoms with Crippen molar-refractivity contribution in [1.82, 2.24) is 0 Å². The van der Waals surface area contributed by atoms with Crippen molar-refractivity contribution in [3.8, 4) is 0 Å². The Hall–Kier alpha value is -1.38. The normalized spacial score (nSPS) is 20.2. The lowest BCUT2D eigenvalue weighted by atomic mass is 9.83. The number of benzene rings is 1. The summed E-state index contributed by atoms with van der Waals surface area (Å²) in [4.78, 5) is 0. The molecule has 0 aliphatic heterocycles. The summed E-state index contributed by atoms with van der Waals surface area (Å²) in [5, 5.41) is 7.38. The monoisotopic (exact) mass is 192 g/mol. The van der Waals surface area contributed by atoms with E-state index in [2.05, 4.69) is 0 Å². The zero-order valence-corrected chi connectivity index (χ0v) is 7.89. The lowest BCUT2D eigenvalue weighted by Gasteiger charge is -2.23. The van der Waals surface area contributed by atoms with Crippen LogP contribution in [-0.2, 0) is 12.8 Å². The molecule has 1 aromatic rings. The van der Waals surface area contributed by atoms with E-state index in [1.165, 1.54) is 6.07 Å². The minimum atomic E-state index is -0.176. The molecule has 2 rings (SSSR count). The highest BCUT2D eigenvalue weighted by molar-refractivity contribution is 5.80. The molecule has 1 unspecified atom stereocenters. The Morgan fingerprint density at radius 1 is 1.43 bits per heavy atom. The standard InChI is InChI=1S/C11H13FN2/c12-10-4-3-7-5-9(11(13)14)2-1-8(7)6-10/h3-4,6,9H,1-2,5H2,(H3,13,14). The second kappa shape index (κ2) is 3.40. The molecular weight excluding hydrogens is 179 g/mol. The van der Waals surface area contributed by atoms with E-state index in [1.54, 1.807) is 12.1 Å². The largest absolute Gasteiger partial charge is 0.387 e. The Morgan fingerprint density at radius 2 is 2.21 bits per heavy atom. The third-order valence-electron chi connectivity index (χ3n) is 2.84. The highest BCUT2D eigenvalue weighted by Gasteiger charge is 2.20. The number of halogens is 1. The minimum absolute atomic E-state index is 0.146. The Bertz CT molecular complexity index is 374. The van der Waals surface area contributed by atoms with Gasteiger partial charge in [-0.3, -0.25) is 5.41 Å². The molecule has 0 radical (unpaired) electrons. The minimum Gasteiger partial charge on any atom is -0.387 e. The maximum absolute atomic E-state index is 12.9. The SMILES string of the molecule is N=C(N)C1CCc2cc(F)ccc2C1. The first-order valence-corrected chi connectivity index (χ1v) is 4.78. The smallest absolute Gasteiger partial charge is 0.123 e. The zero-order valence-electron chi connectivity index (χ0n) is 7.89. The number of hydrogen-bond acceptors (Lipinski definition) is 1. The van der Waals surface area contributed by atoms with Gasteiger partial charge in [0.15, 0.2) is 0 Å². The van der Waals surface area contributed by atoms with Gasteiger partial charge in [-0.2, -0.15) is 0 Å². The number of rotatable bonds is 1. The molecule has 0 fully saturated rings. The van der Waals surface area contributed by atoms with Crippen LogP contribution in [0.5, 0.6) is 0 Å². The van der Waals surface area contributed by atoms with Crippen molar-refractivity contribution in [1.29, 1.82) is 5.41 Å². The Labute approximate surface area is 82.4 Å². The Balaban J connectivity index is 2.27. The van der Waals surface area contributed by atoms with Crippen LogP contribution in [0.25, 0.3) is 0 Å². The van der Waals surface area contributed by atoms with Crippen LogP contribution < -0.4 is 5.73 Å². The second-order valence-corrected chi connectivity index (χ2v) is 3.81. The van der Waals surface area contributed by atoms with Crippen LogP contribution in [0.2, 0.25) is 0 Å². The summed E-state index contributed by atoms with van der Waals surface area (Å²) in [6.45, 7) is 0. The van der Waals surface area contributed by atoms with Crippen molar-refractivity contribution in [3.63, 3.8) is 0 Å². The summed E-state index contributed by atoms with van der Waals surface area (Å²) in [5.74, 6) is 0.220. The van der Waals surface area contributed by atoms with Gasteiger partial charge in [-0.05, 0) is 42.5 Å². The fourth-order valence-corrected chi connectivity index (χ4v) is 1.99. The van der Waals surface area contributed by atoms with Gasteiger partial charge >= 0.3 is 0 Å². The summed E-state index contributed by atoms with van der Waals surface area (Å²) < 4.78 is 12.9. The maximum atomic E-state index is 12.9. The van der Waals surface area contributed by atoms with E-state index in [1.807, 2.05) is 0 Å². The maximum Gasteiger partial charge on any atom is 0.123 e. The molecule has 1 aromatic carbocycles. The van der Waals surface area contributed by atoms with Crippen LogP contribution in [0, 0.1) is 17.1 Å². The molecule has 3 N–H and O–H groups in total. The van der Waals surface area contributed by atoms with Crippen LogP contribution in [0.15, 0.2) is 18.2 Å². The van der Waals surface area contributed by atoms with Crippen molar-refractivity contribution in [3.05, 3.63) is 35.1 Å². The Kier molecular flexibility index (Phi) is 2.23. The van der Waals surface area contributed by atoms with Gasteiger partial charge in [0.1, 0.15) is 5.82 Å². The Morgan fingerprint density at radius 3 is 2.93 bits per heavy atom. The van der Waals surface area contributed by atoms with E-state index >= 15 is 0 Å².